The smallest absolute Gasteiger partial charge is 0.188 e. The van der Waals surface area contributed by atoms with E-state index < -0.39 is 0 Å². The van der Waals surface area contributed by atoms with Gasteiger partial charge >= 0.3 is 0 Å². The van der Waals surface area contributed by atoms with Crippen molar-refractivity contribution in [2.45, 2.75) is 64.7 Å². The van der Waals surface area contributed by atoms with Crippen LogP contribution in [0, 0.1) is 0 Å². The van der Waals surface area contributed by atoms with Crippen molar-refractivity contribution in [3.8, 4) is 0 Å². The molecule has 0 saturated carbocycles. The molecule has 0 aliphatic heterocycles. The average Bonchev–Trinajstić information content (AvgIpc) is 2.37. The van der Waals surface area contributed by atoms with Gasteiger partial charge in [0.15, 0.2) is 5.78 Å². The molecule has 2 rings (SSSR count). The molecule has 0 fully saturated rings. The number of carbonyl (C=O) groups excluding carboxylic acids is 1. The molecule has 0 amide bonds. The lowest BCUT2D eigenvalue weighted by Crippen LogP contribution is -2.18. The Hall–Kier alpha value is -1.37. The average molecular weight is 270 g/mol. The fourth-order valence-electron chi connectivity index (χ4n) is 2.91. The van der Waals surface area contributed by atoms with Crippen molar-refractivity contribution in [1.82, 2.24) is 0 Å². The van der Waals surface area contributed by atoms with Gasteiger partial charge in [-0.1, -0.05) is 64.0 Å². The molecule has 0 atom stereocenters. The van der Waals surface area contributed by atoms with Crippen molar-refractivity contribution >= 4 is 5.78 Å². The third-order valence-electron chi connectivity index (χ3n) is 4.06. The third-order valence-corrected chi connectivity index (χ3v) is 4.06. The minimum absolute atomic E-state index is 0.00836. The van der Waals surface area contributed by atoms with Crippen LogP contribution in [0.1, 0.15) is 75.2 Å². The van der Waals surface area contributed by atoms with Crippen LogP contribution in [0.4, 0.5) is 0 Å². The van der Waals surface area contributed by atoms with Crippen LogP contribution >= 0.6 is 0 Å². The first-order valence-corrected chi connectivity index (χ1v) is 7.83. The highest BCUT2D eigenvalue weighted by molar-refractivity contribution is 6.09. The Morgan fingerprint density at radius 3 is 2.45 bits per heavy atom. The Morgan fingerprint density at radius 2 is 1.70 bits per heavy atom. The second-order valence-corrected chi connectivity index (χ2v) is 6.81. The van der Waals surface area contributed by atoms with Gasteiger partial charge in [-0.05, 0) is 42.2 Å². The number of rotatable bonds is 2. The van der Waals surface area contributed by atoms with Crippen LogP contribution in [0.25, 0.3) is 0 Å². The van der Waals surface area contributed by atoms with Crippen molar-refractivity contribution in [3.63, 3.8) is 0 Å². The Labute approximate surface area is 123 Å². The van der Waals surface area contributed by atoms with Crippen LogP contribution < -0.4 is 0 Å². The van der Waals surface area contributed by atoms with Gasteiger partial charge in [-0.2, -0.15) is 0 Å². The summed E-state index contributed by atoms with van der Waals surface area (Å²) in [6, 6.07) is 8.09. The Balaban J connectivity index is 2.33. The largest absolute Gasteiger partial charge is 0.289 e. The molecule has 1 aromatic rings. The molecule has 0 aromatic heterocycles. The summed E-state index contributed by atoms with van der Waals surface area (Å²) in [7, 11) is 0. The second-order valence-electron chi connectivity index (χ2n) is 6.81. The Bertz CT molecular complexity index is 503. The summed E-state index contributed by atoms with van der Waals surface area (Å²) >= 11 is 0. The van der Waals surface area contributed by atoms with Gasteiger partial charge < -0.3 is 0 Å². The van der Waals surface area contributed by atoms with E-state index in [1.165, 1.54) is 19.3 Å². The van der Waals surface area contributed by atoms with Gasteiger partial charge in [0.2, 0.25) is 0 Å². The van der Waals surface area contributed by atoms with Crippen LogP contribution in [0.5, 0.6) is 0 Å². The molecule has 1 aromatic carbocycles. The second kappa shape index (κ2) is 6.39. The van der Waals surface area contributed by atoms with Crippen LogP contribution in [-0.2, 0) is 5.41 Å². The predicted octanol–water partition coefficient (Wildman–Crippen LogP) is 5.45. The van der Waals surface area contributed by atoms with Crippen molar-refractivity contribution in [2.24, 2.45) is 0 Å². The number of Topliss-reactive ketones (excluding diaryl/α,β-unsaturated/α-hetero) is 1. The molecule has 108 valence electrons. The number of hydrogen-bond acceptors (Lipinski definition) is 1. The lowest BCUT2D eigenvalue weighted by Gasteiger charge is -2.23. The zero-order chi connectivity index (χ0) is 14.6. The standard InChI is InChI=1S/C19H26O/c1-19(2,3)17-14-10-9-13-16(17)18(20)15-11-7-5-4-6-8-12-15/h9-11,13-14H,4-8,12H2,1-3H3/b15-11+. The van der Waals surface area contributed by atoms with Crippen LogP contribution in [0.15, 0.2) is 35.9 Å². The topological polar surface area (TPSA) is 17.1 Å². The van der Waals surface area contributed by atoms with E-state index in [0.29, 0.717) is 0 Å². The maximum Gasteiger partial charge on any atom is 0.188 e. The predicted molar refractivity (Wildman–Crippen MR) is 85.3 cm³/mol. The SMILES string of the molecule is CC(C)(C)c1ccccc1C(=O)/C1=C/CCCCCC1. The number of ketones is 1. The zero-order valence-electron chi connectivity index (χ0n) is 13.0. The summed E-state index contributed by atoms with van der Waals surface area (Å²) in [6.07, 6.45) is 9.10. The molecule has 0 saturated heterocycles. The molecule has 0 unspecified atom stereocenters. The minimum Gasteiger partial charge on any atom is -0.289 e. The van der Waals surface area contributed by atoms with Gasteiger partial charge in [0, 0.05) is 5.56 Å². The fourth-order valence-corrected chi connectivity index (χ4v) is 2.91. The third kappa shape index (κ3) is 3.59. The maximum absolute atomic E-state index is 12.9. The maximum atomic E-state index is 12.9. The van der Waals surface area contributed by atoms with Crippen molar-refractivity contribution in [1.29, 1.82) is 0 Å². The minimum atomic E-state index is 0.00836. The van der Waals surface area contributed by atoms with E-state index in [-0.39, 0.29) is 11.2 Å². The molecule has 0 N–H and O–H groups in total. The van der Waals surface area contributed by atoms with Gasteiger partial charge in [-0.15, -0.1) is 0 Å². The highest BCUT2D eigenvalue weighted by Crippen LogP contribution is 2.29. The molecule has 1 heteroatoms. The monoisotopic (exact) mass is 270 g/mol. The van der Waals surface area contributed by atoms with E-state index in [4.69, 9.17) is 0 Å². The highest BCUT2D eigenvalue weighted by atomic mass is 16.1. The van der Waals surface area contributed by atoms with Crippen molar-refractivity contribution < 1.29 is 4.79 Å². The fraction of sp³-hybridized carbons (Fsp3) is 0.526. The van der Waals surface area contributed by atoms with E-state index >= 15 is 0 Å². The molecule has 20 heavy (non-hydrogen) atoms. The number of benzene rings is 1. The van der Waals surface area contributed by atoms with Gasteiger partial charge in [-0.25, -0.2) is 0 Å². The lowest BCUT2D eigenvalue weighted by molar-refractivity contribution is 0.102. The summed E-state index contributed by atoms with van der Waals surface area (Å²) in [5.74, 6) is 0.248. The molecule has 1 aliphatic carbocycles. The lowest BCUT2D eigenvalue weighted by atomic mass is 9.81. The first kappa shape index (κ1) is 15.0. The number of allylic oxidation sites excluding steroid dienone is 2. The summed E-state index contributed by atoms with van der Waals surface area (Å²) in [4.78, 5) is 12.9. The summed E-state index contributed by atoms with van der Waals surface area (Å²) in [5, 5.41) is 0. The van der Waals surface area contributed by atoms with Gasteiger partial charge in [0.25, 0.3) is 0 Å². The van der Waals surface area contributed by atoms with E-state index in [9.17, 15) is 4.79 Å². The molecule has 0 spiro atoms. The Morgan fingerprint density at radius 1 is 1.00 bits per heavy atom. The van der Waals surface area contributed by atoms with E-state index in [2.05, 4.69) is 32.9 Å². The molecule has 0 heterocycles. The van der Waals surface area contributed by atoms with Gasteiger partial charge in [0.1, 0.15) is 0 Å². The van der Waals surface area contributed by atoms with E-state index in [0.717, 1.165) is 36.0 Å². The van der Waals surface area contributed by atoms with Gasteiger partial charge in [-0.3, -0.25) is 4.79 Å². The van der Waals surface area contributed by atoms with E-state index in [1.807, 2.05) is 18.2 Å². The van der Waals surface area contributed by atoms with Crippen molar-refractivity contribution in [3.05, 3.63) is 47.0 Å². The summed E-state index contributed by atoms with van der Waals surface area (Å²) in [6.45, 7) is 6.52. The molecule has 0 radical (unpaired) electrons. The summed E-state index contributed by atoms with van der Waals surface area (Å²) < 4.78 is 0. The van der Waals surface area contributed by atoms with Crippen LogP contribution in [0.2, 0.25) is 0 Å². The van der Waals surface area contributed by atoms with Gasteiger partial charge in [0.05, 0.1) is 0 Å². The first-order valence-electron chi connectivity index (χ1n) is 7.83. The normalized spacial score (nSPS) is 19.6. The Kier molecular flexibility index (Phi) is 4.80. The van der Waals surface area contributed by atoms with Crippen LogP contribution in [-0.4, -0.2) is 5.78 Å². The summed E-state index contributed by atoms with van der Waals surface area (Å²) in [5.41, 5.74) is 3.09. The van der Waals surface area contributed by atoms with Crippen LogP contribution in [0.3, 0.4) is 0 Å². The molecular formula is C19H26O. The molecule has 1 aliphatic rings. The highest BCUT2D eigenvalue weighted by Gasteiger charge is 2.22. The first-order chi connectivity index (χ1) is 9.50. The molecular weight excluding hydrogens is 244 g/mol. The number of hydrogen-bond donors (Lipinski definition) is 0. The molecule has 0 bridgehead atoms. The van der Waals surface area contributed by atoms with E-state index in [1.54, 1.807) is 0 Å². The zero-order valence-corrected chi connectivity index (χ0v) is 13.0. The quantitative estimate of drug-likeness (QED) is 0.653. The number of carbonyl (C=O) groups is 1. The van der Waals surface area contributed by atoms with Crippen molar-refractivity contribution in [2.75, 3.05) is 0 Å². The molecule has 1 nitrogen and oxygen atoms in total.